The number of hydrogen-bond donors (Lipinski definition) is 3. The van der Waals surface area contributed by atoms with Gasteiger partial charge in [-0.3, -0.25) is 4.79 Å². The van der Waals surface area contributed by atoms with Crippen LogP contribution in [-0.4, -0.2) is 25.0 Å². The summed E-state index contributed by atoms with van der Waals surface area (Å²) in [5.41, 5.74) is 17.4. The molecule has 0 bridgehead atoms. The molecule has 96 valence electrons. The highest BCUT2D eigenvalue weighted by molar-refractivity contribution is 7.17. The van der Waals surface area contributed by atoms with Crippen molar-refractivity contribution >= 4 is 27.9 Å². The first-order valence-corrected chi connectivity index (χ1v) is 6.49. The standard InChI is InChI=1S/C11H15N5OS/c12-5-7-9(14)8(10(15)17)11(18-7)16-3-1-6(13)2-4-16/h6H,1-4,13-14H2,(H2,15,17). The second-order valence-electron chi connectivity index (χ2n) is 4.33. The molecule has 6 nitrogen and oxygen atoms in total. The van der Waals surface area contributed by atoms with Crippen molar-refractivity contribution in [1.29, 1.82) is 5.26 Å². The first-order valence-electron chi connectivity index (χ1n) is 5.67. The largest absolute Gasteiger partial charge is 0.396 e. The zero-order valence-corrected chi connectivity index (χ0v) is 10.7. The SMILES string of the molecule is N#Cc1sc(N2CCC(N)CC2)c(C(N)=O)c1N. The van der Waals surface area contributed by atoms with Crippen molar-refractivity contribution in [2.75, 3.05) is 23.7 Å². The Bertz CT molecular complexity index is 510. The lowest BCUT2D eigenvalue weighted by molar-refractivity contribution is 0.100. The molecular formula is C11H15N5OS. The second-order valence-corrected chi connectivity index (χ2v) is 5.32. The molecule has 1 saturated heterocycles. The molecule has 1 fully saturated rings. The van der Waals surface area contributed by atoms with Crippen LogP contribution in [0.3, 0.4) is 0 Å². The predicted octanol–water partition coefficient (Wildman–Crippen LogP) is 0.228. The number of amides is 1. The van der Waals surface area contributed by atoms with Gasteiger partial charge in [0.2, 0.25) is 0 Å². The molecule has 0 unspecified atom stereocenters. The Balaban J connectivity index is 2.38. The van der Waals surface area contributed by atoms with Gasteiger partial charge in [0.1, 0.15) is 15.9 Å². The van der Waals surface area contributed by atoms with Crippen molar-refractivity contribution in [3.8, 4) is 6.07 Å². The minimum absolute atomic E-state index is 0.194. The molecule has 1 aliphatic heterocycles. The predicted molar refractivity (Wildman–Crippen MR) is 71.4 cm³/mol. The Hall–Kier alpha value is -1.78. The normalized spacial score (nSPS) is 16.6. The molecule has 1 aromatic rings. The van der Waals surface area contributed by atoms with Crippen molar-refractivity contribution in [2.24, 2.45) is 11.5 Å². The van der Waals surface area contributed by atoms with Crippen molar-refractivity contribution in [3.63, 3.8) is 0 Å². The molecule has 0 radical (unpaired) electrons. The van der Waals surface area contributed by atoms with Crippen molar-refractivity contribution in [1.82, 2.24) is 0 Å². The third-order valence-corrected chi connectivity index (χ3v) is 4.27. The van der Waals surface area contributed by atoms with E-state index in [2.05, 4.69) is 0 Å². The van der Waals surface area contributed by atoms with Crippen molar-refractivity contribution in [3.05, 3.63) is 10.4 Å². The molecule has 1 amide bonds. The zero-order valence-electron chi connectivity index (χ0n) is 9.85. The lowest BCUT2D eigenvalue weighted by Crippen LogP contribution is -2.40. The highest BCUT2D eigenvalue weighted by atomic mass is 32.1. The molecule has 0 atom stereocenters. The van der Waals surface area contributed by atoms with E-state index in [0.29, 0.717) is 9.88 Å². The molecule has 18 heavy (non-hydrogen) atoms. The van der Waals surface area contributed by atoms with Crippen LogP contribution in [0.2, 0.25) is 0 Å². The van der Waals surface area contributed by atoms with Crippen LogP contribution in [0, 0.1) is 11.3 Å². The quantitative estimate of drug-likeness (QED) is 0.706. The van der Waals surface area contributed by atoms with Gasteiger partial charge in [0.25, 0.3) is 5.91 Å². The van der Waals surface area contributed by atoms with Gasteiger partial charge < -0.3 is 22.1 Å². The fourth-order valence-corrected chi connectivity index (χ4v) is 3.15. The van der Waals surface area contributed by atoms with Crippen LogP contribution in [-0.2, 0) is 0 Å². The van der Waals surface area contributed by atoms with Gasteiger partial charge in [-0.05, 0) is 12.8 Å². The van der Waals surface area contributed by atoms with Crippen molar-refractivity contribution in [2.45, 2.75) is 18.9 Å². The van der Waals surface area contributed by atoms with E-state index in [1.165, 1.54) is 11.3 Å². The Morgan fingerprint density at radius 2 is 2.06 bits per heavy atom. The Labute approximate surface area is 109 Å². The smallest absolute Gasteiger partial charge is 0.253 e. The van der Waals surface area contributed by atoms with Crippen LogP contribution in [0.15, 0.2) is 0 Å². The van der Waals surface area contributed by atoms with E-state index in [1.807, 2.05) is 11.0 Å². The highest BCUT2D eigenvalue weighted by Crippen LogP contribution is 2.38. The number of thiophene rings is 1. The molecule has 7 heteroatoms. The number of carbonyl (C=O) groups excluding carboxylic acids is 1. The van der Waals surface area contributed by atoms with Crippen molar-refractivity contribution < 1.29 is 4.79 Å². The Morgan fingerprint density at radius 1 is 1.44 bits per heavy atom. The number of nitriles is 1. The summed E-state index contributed by atoms with van der Waals surface area (Å²) in [6.07, 6.45) is 1.72. The summed E-state index contributed by atoms with van der Waals surface area (Å²) < 4.78 is 0. The monoisotopic (exact) mass is 265 g/mol. The van der Waals surface area contributed by atoms with E-state index < -0.39 is 5.91 Å². The number of carbonyl (C=O) groups is 1. The number of anilines is 2. The van der Waals surface area contributed by atoms with Gasteiger partial charge in [-0.1, -0.05) is 0 Å². The molecule has 0 spiro atoms. The van der Waals surface area contributed by atoms with E-state index >= 15 is 0 Å². The number of nitrogens with zero attached hydrogens (tertiary/aromatic N) is 2. The first kappa shape index (κ1) is 12.7. The molecule has 0 aliphatic carbocycles. The third-order valence-electron chi connectivity index (χ3n) is 3.10. The molecule has 1 aromatic heterocycles. The third kappa shape index (κ3) is 2.12. The molecular weight excluding hydrogens is 250 g/mol. The summed E-state index contributed by atoms with van der Waals surface area (Å²) >= 11 is 1.22. The van der Waals surface area contributed by atoms with Crippen LogP contribution >= 0.6 is 11.3 Å². The van der Waals surface area contributed by atoms with Crippen LogP contribution < -0.4 is 22.1 Å². The Kier molecular flexibility index (Phi) is 3.41. The summed E-state index contributed by atoms with van der Waals surface area (Å²) in [6.45, 7) is 1.51. The minimum Gasteiger partial charge on any atom is -0.396 e. The molecule has 1 aliphatic rings. The first-order chi connectivity index (χ1) is 8.54. The molecule has 0 aromatic carbocycles. The van der Waals surface area contributed by atoms with E-state index in [1.54, 1.807) is 0 Å². The summed E-state index contributed by atoms with van der Waals surface area (Å²) in [5.74, 6) is -0.588. The number of nitrogens with two attached hydrogens (primary N) is 3. The van der Waals surface area contributed by atoms with Gasteiger partial charge >= 0.3 is 0 Å². The summed E-state index contributed by atoms with van der Waals surface area (Å²) in [7, 11) is 0. The zero-order chi connectivity index (χ0) is 13.3. The summed E-state index contributed by atoms with van der Waals surface area (Å²) in [4.78, 5) is 13.8. The average Bonchev–Trinajstić information content (AvgIpc) is 2.67. The molecule has 0 saturated carbocycles. The van der Waals surface area contributed by atoms with Gasteiger partial charge in [-0.2, -0.15) is 5.26 Å². The minimum atomic E-state index is -0.588. The maximum atomic E-state index is 11.5. The van der Waals surface area contributed by atoms with Crippen LogP contribution in [0.4, 0.5) is 10.7 Å². The maximum Gasteiger partial charge on any atom is 0.253 e. The van der Waals surface area contributed by atoms with Gasteiger partial charge in [-0.25, -0.2) is 0 Å². The molecule has 2 heterocycles. The van der Waals surface area contributed by atoms with Gasteiger partial charge in [0.05, 0.1) is 11.3 Å². The number of rotatable bonds is 2. The maximum absolute atomic E-state index is 11.5. The van der Waals surface area contributed by atoms with E-state index in [0.717, 1.165) is 25.9 Å². The highest BCUT2D eigenvalue weighted by Gasteiger charge is 2.26. The second kappa shape index (κ2) is 4.84. The van der Waals surface area contributed by atoms with Gasteiger partial charge in [-0.15, -0.1) is 11.3 Å². The Morgan fingerprint density at radius 3 is 2.56 bits per heavy atom. The van der Waals surface area contributed by atoms with Crippen LogP contribution in [0.1, 0.15) is 28.1 Å². The summed E-state index contributed by atoms with van der Waals surface area (Å²) in [6, 6.07) is 2.19. The van der Waals surface area contributed by atoms with Gasteiger partial charge in [0.15, 0.2) is 0 Å². The number of piperidine rings is 1. The topological polar surface area (TPSA) is 122 Å². The van der Waals surface area contributed by atoms with E-state index in [-0.39, 0.29) is 17.3 Å². The number of nitrogen functional groups attached to an aromatic ring is 1. The van der Waals surface area contributed by atoms with Gasteiger partial charge in [0, 0.05) is 19.1 Å². The van der Waals surface area contributed by atoms with Crippen LogP contribution in [0.5, 0.6) is 0 Å². The van der Waals surface area contributed by atoms with E-state index in [9.17, 15) is 4.79 Å². The molecule has 2 rings (SSSR count). The number of primary amides is 1. The lowest BCUT2D eigenvalue weighted by Gasteiger charge is -2.31. The van der Waals surface area contributed by atoms with Crippen LogP contribution in [0.25, 0.3) is 0 Å². The fraction of sp³-hybridized carbons (Fsp3) is 0.455. The van der Waals surface area contributed by atoms with E-state index in [4.69, 9.17) is 22.5 Å². The number of hydrogen-bond acceptors (Lipinski definition) is 6. The lowest BCUT2D eigenvalue weighted by atomic mass is 10.1. The molecule has 6 N–H and O–H groups in total. The summed E-state index contributed by atoms with van der Waals surface area (Å²) in [5, 5.41) is 9.67. The average molecular weight is 265 g/mol. The fourth-order valence-electron chi connectivity index (χ4n) is 2.08.